The van der Waals surface area contributed by atoms with Crippen LogP contribution in [-0.2, 0) is 13.5 Å². The van der Waals surface area contributed by atoms with Crippen LogP contribution in [-0.4, -0.2) is 22.9 Å². The Morgan fingerprint density at radius 2 is 1.76 bits per heavy atom. The smallest absolute Gasteiger partial charge is 0.0674 e. The number of nitrogens with one attached hydrogen (secondary N) is 1. The molecule has 3 nitrogen and oxygen atoms in total. The molecular formula is C18H27N3. The highest BCUT2D eigenvalue weighted by atomic mass is 15.3. The summed E-state index contributed by atoms with van der Waals surface area (Å²) in [6.07, 6.45) is 1.07. The minimum absolute atomic E-state index is 0.526. The van der Waals surface area contributed by atoms with E-state index in [4.69, 9.17) is 0 Å². The van der Waals surface area contributed by atoms with Gasteiger partial charge in [0.15, 0.2) is 0 Å². The van der Waals surface area contributed by atoms with Crippen LogP contribution >= 0.6 is 0 Å². The van der Waals surface area contributed by atoms with Gasteiger partial charge in [0.1, 0.15) is 0 Å². The summed E-state index contributed by atoms with van der Waals surface area (Å²) in [5.41, 5.74) is 6.21. The molecule has 0 spiro atoms. The van der Waals surface area contributed by atoms with E-state index in [1.54, 1.807) is 0 Å². The quantitative estimate of drug-likeness (QED) is 0.911. The van der Waals surface area contributed by atoms with Gasteiger partial charge in [-0.2, -0.15) is 5.10 Å². The van der Waals surface area contributed by atoms with Gasteiger partial charge in [0.2, 0.25) is 0 Å². The Morgan fingerprint density at radius 3 is 2.19 bits per heavy atom. The summed E-state index contributed by atoms with van der Waals surface area (Å²) in [4.78, 5) is 0. The first-order valence-electron chi connectivity index (χ1n) is 7.70. The van der Waals surface area contributed by atoms with Crippen LogP contribution in [0.25, 0.3) is 11.1 Å². The molecule has 0 saturated heterocycles. The molecule has 0 saturated carbocycles. The van der Waals surface area contributed by atoms with Crippen LogP contribution in [0, 0.1) is 19.8 Å². The second-order valence-electron chi connectivity index (χ2n) is 6.21. The zero-order valence-electron chi connectivity index (χ0n) is 14.1. The van der Waals surface area contributed by atoms with Gasteiger partial charge in [-0.15, -0.1) is 0 Å². The highest BCUT2D eigenvalue weighted by Gasteiger charge is 2.13. The first-order chi connectivity index (χ1) is 9.93. The average molecular weight is 285 g/mol. The largest absolute Gasteiger partial charge is 0.316 e. The van der Waals surface area contributed by atoms with Gasteiger partial charge in [0.25, 0.3) is 0 Å². The zero-order chi connectivity index (χ0) is 15.6. The Hall–Kier alpha value is -1.61. The second kappa shape index (κ2) is 6.44. The van der Waals surface area contributed by atoms with Crippen LogP contribution < -0.4 is 5.32 Å². The maximum atomic E-state index is 4.50. The lowest BCUT2D eigenvalue weighted by Crippen LogP contribution is -2.32. The van der Waals surface area contributed by atoms with Gasteiger partial charge >= 0.3 is 0 Å². The van der Waals surface area contributed by atoms with E-state index in [1.807, 2.05) is 18.8 Å². The van der Waals surface area contributed by atoms with Crippen molar-refractivity contribution in [1.29, 1.82) is 0 Å². The lowest BCUT2D eigenvalue weighted by atomic mass is 9.95. The first-order valence-corrected chi connectivity index (χ1v) is 7.70. The molecule has 1 aromatic carbocycles. The van der Waals surface area contributed by atoms with Crippen molar-refractivity contribution in [3.8, 4) is 11.1 Å². The molecule has 2 aromatic rings. The first kappa shape index (κ1) is 15.8. The van der Waals surface area contributed by atoms with Gasteiger partial charge in [-0.3, -0.25) is 4.68 Å². The normalized spacial score (nSPS) is 12.9. The average Bonchev–Trinajstić information content (AvgIpc) is 2.70. The highest BCUT2D eigenvalue weighted by molar-refractivity contribution is 5.68. The van der Waals surface area contributed by atoms with E-state index in [-0.39, 0.29) is 0 Å². The number of aromatic nitrogens is 2. The van der Waals surface area contributed by atoms with Crippen LogP contribution in [0.2, 0.25) is 0 Å². The van der Waals surface area contributed by atoms with E-state index in [0.29, 0.717) is 12.0 Å². The number of hydrogen-bond acceptors (Lipinski definition) is 2. The van der Waals surface area contributed by atoms with Gasteiger partial charge in [0.05, 0.1) is 5.69 Å². The van der Waals surface area contributed by atoms with Crippen molar-refractivity contribution in [2.75, 3.05) is 7.05 Å². The van der Waals surface area contributed by atoms with E-state index in [0.717, 1.165) is 12.1 Å². The molecule has 1 unspecified atom stereocenters. The monoisotopic (exact) mass is 285 g/mol. The molecule has 1 atom stereocenters. The van der Waals surface area contributed by atoms with Crippen molar-refractivity contribution in [3.63, 3.8) is 0 Å². The molecular weight excluding hydrogens is 258 g/mol. The molecule has 0 fully saturated rings. The predicted molar refractivity (Wildman–Crippen MR) is 89.5 cm³/mol. The maximum absolute atomic E-state index is 4.50. The molecule has 0 bridgehead atoms. The topological polar surface area (TPSA) is 29.9 Å². The summed E-state index contributed by atoms with van der Waals surface area (Å²) in [5, 5.41) is 7.91. The minimum atomic E-state index is 0.526. The molecule has 3 heteroatoms. The van der Waals surface area contributed by atoms with E-state index < -0.39 is 0 Å². The number of likely N-dealkylation sites (N-methyl/N-ethyl adjacent to an activating group) is 1. The molecule has 0 radical (unpaired) electrons. The molecule has 0 aliphatic carbocycles. The predicted octanol–water partition coefficient (Wildman–Crippen LogP) is 3.49. The lowest BCUT2D eigenvalue weighted by Gasteiger charge is -2.20. The van der Waals surface area contributed by atoms with Gasteiger partial charge < -0.3 is 5.32 Å². The van der Waals surface area contributed by atoms with Crippen LogP contribution in [0.15, 0.2) is 24.3 Å². The Labute approximate surface area is 128 Å². The Balaban J connectivity index is 2.23. The molecule has 0 aliphatic heterocycles. The van der Waals surface area contributed by atoms with Gasteiger partial charge in [-0.05, 0) is 44.4 Å². The summed E-state index contributed by atoms with van der Waals surface area (Å²) >= 11 is 0. The lowest BCUT2D eigenvalue weighted by molar-refractivity contribution is 0.424. The highest BCUT2D eigenvalue weighted by Crippen LogP contribution is 2.27. The van der Waals surface area contributed by atoms with Crippen molar-refractivity contribution < 1.29 is 0 Å². The Kier molecular flexibility index (Phi) is 4.84. The van der Waals surface area contributed by atoms with E-state index in [1.165, 1.54) is 22.4 Å². The summed E-state index contributed by atoms with van der Waals surface area (Å²) in [6, 6.07) is 9.46. The third kappa shape index (κ3) is 3.35. The van der Waals surface area contributed by atoms with Crippen LogP contribution in [0.1, 0.15) is 30.8 Å². The minimum Gasteiger partial charge on any atom is -0.316 e. The molecule has 114 valence electrons. The standard InChI is InChI=1S/C18H27N3/c1-12(2)17(19-5)11-15-7-9-16(10-8-15)18-13(3)20-21(6)14(18)4/h7-10,12,17,19H,11H2,1-6H3. The summed E-state index contributed by atoms with van der Waals surface area (Å²) in [7, 11) is 4.04. The van der Waals surface area contributed by atoms with Crippen molar-refractivity contribution in [2.24, 2.45) is 13.0 Å². The number of benzene rings is 1. The van der Waals surface area contributed by atoms with E-state index >= 15 is 0 Å². The second-order valence-corrected chi connectivity index (χ2v) is 6.21. The van der Waals surface area contributed by atoms with Gasteiger partial charge in [0, 0.05) is 24.3 Å². The third-order valence-electron chi connectivity index (χ3n) is 4.38. The van der Waals surface area contributed by atoms with Gasteiger partial charge in [-0.1, -0.05) is 38.1 Å². The van der Waals surface area contributed by atoms with E-state index in [2.05, 4.69) is 62.4 Å². The fourth-order valence-corrected chi connectivity index (χ4v) is 2.92. The van der Waals surface area contributed by atoms with Crippen molar-refractivity contribution in [3.05, 3.63) is 41.2 Å². The molecule has 1 N–H and O–H groups in total. The SMILES string of the molecule is CNC(Cc1ccc(-c2c(C)nn(C)c2C)cc1)C(C)C. The van der Waals surface area contributed by atoms with Crippen molar-refractivity contribution in [2.45, 2.75) is 40.2 Å². The number of aryl methyl sites for hydroxylation is 2. The zero-order valence-corrected chi connectivity index (χ0v) is 14.1. The fourth-order valence-electron chi connectivity index (χ4n) is 2.92. The molecule has 0 aliphatic rings. The summed E-state index contributed by atoms with van der Waals surface area (Å²) in [6.45, 7) is 8.72. The van der Waals surface area contributed by atoms with Gasteiger partial charge in [-0.25, -0.2) is 0 Å². The Bertz CT molecular complexity index is 594. The van der Waals surface area contributed by atoms with Crippen molar-refractivity contribution in [1.82, 2.24) is 15.1 Å². The molecule has 2 rings (SSSR count). The van der Waals surface area contributed by atoms with Crippen LogP contribution in [0.3, 0.4) is 0 Å². The third-order valence-corrected chi connectivity index (χ3v) is 4.38. The number of nitrogens with zero attached hydrogens (tertiary/aromatic N) is 2. The molecule has 0 amide bonds. The number of rotatable bonds is 5. The molecule has 1 aromatic heterocycles. The Morgan fingerprint density at radius 1 is 1.14 bits per heavy atom. The fraction of sp³-hybridized carbons (Fsp3) is 0.500. The number of hydrogen-bond donors (Lipinski definition) is 1. The molecule has 21 heavy (non-hydrogen) atoms. The van der Waals surface area contributed by atoms with Crippen LogP contribution in [0.4, 0.5) is 0 Å². The summed E-state index contributed by atoms with van der Waals surface area (Å²) < 4.78 is 1.95. The van der Waals surface area contributed by atoms with E-state index in [9.17, 15) is 0 Å². The maximum Gasteiger partial charge on any atom is 0.0674 e. The van der Waals surface area contributed by atoms with Crippen LogP contribution in [0.5, 0.6) is 0 Å². The van der Waals surface area contributed by atoms with Crippen molar-refractivity contribution >= 4 is 0 Å². The molecule has 1 heterocycles. The summed E-state index contributed by atoms with van der Waals surface area (Å²) in [5.74, 6) is 0.637.